The van der Waals surface area contributed by atoms with E-state index >= 15 is 0 Å². The van der Waals surface area contributed by atoms with Crippen molar-refractivity contribution in [2.45, 2.75) is 71.6 Å². The molecule has 0 aromatic carbocycles. The summed E-state index contributed by atoms with van der Waals surface area (Å²) in [6.07, 6.45) is 7.87. The molecule has 17 heavy (non-hydrogen) atoms. The first-order valence-electron chi connectivity index (χ1n) is 6.89. The van der Waals surface area contributed by atoms with Crippen LogP contribution in [0.5, 0.6) is 0 Å². The summed E-state index contributed by atoms with van der Waals surface area (Å²) in [5.41, 5.74) is 3.10. The standard InChI is InChI=1S/C15H26IN/c1-5-7-8-10-15(4,9-6-2)14-13(16)11-12(3)17-14/h11,17H,5-10H2,1-4H3. The van der Waals surface area contributed by atoms with E-state index in [0.717, 1.165) is 0 Å². The van der Waals surface area contributed by atoms with Crippen molar-refractivity contribution in [2.24, 2.45) is 0 Å². The third kappa shape index (κ3) is 4.01. The second kappa shape index (κ2) is 6.81. The lowest BCUT2D eigenvalue weighted by atomic mass is 9.78. The molecule has 0 fully saturated rings. The molecule has 1 nitrogen and oxygen atoms in total. The number of aryl methyl sites for hydroxylation is 1. The molecular weight excluding hydrogens is 321 g/mol. The van der Waals surface area contributed by atoms with Crippen molar-refractivity contribution in [1.29, 1.82) is 0 Å². The Kier molecular flexibility index (Phi) is 6.04. The molecule has 98 valence electrons. The van der Waals surface area contributed by atoms with Gasteiger partial charge in [0.1, 0.15) is 0 Å². The Morgan fingerprint density at radius 1 is 1.18 bits per heavy atom. The second-order valence-electron chi connectivity index (χ2n) is 5.44. The van der Waals surface area contributed by atoms with Gasteiger partial charge in [0.05, 0.1) is 0 Å². The van der Waals surface area contributed by atoms with Gasteiger partial charge in [-0.3, -0.25) is 0 Å². The quantitative estimate of drug-likeness (QED) is 0.491. The highest BCUT2D eigenvalue weighted by molar-refractivity contribution is 14.1. The van der Waals surface area contributed by atoms with Crippen LogP contribution in [-0.2, 0) is 5.41 Å². The molecule has 0 aliphatic heterocycles. The summed E-state index contributed by atoms with van der Waals surface area (Å²) in [6, 6.07) is 2.27. The number of nitrogens with one attached hydrogen (secondary N) is 1. The number of hydrogen-bond donors (Lipinski definition) is 1. The first-order chi connectivity index (χ1) is 8.03. The van der Waals surface area contributed by atoms with E-state index in [2.05, 4.69) is 61.3 Å². The molecule has 1 heterocycles. The Bertz CT molecular complexity index is 343. The number of rotatable bonds is 7. The summed E-state index contributed by atoms with van der Waals surface area (Å²) < 4.78 is 1.41. The van der Waals surface area contributed by atoms with Crippen LogP contribution in [0, 0.1) is 10.5 Å². The Balaban J connectivity index is 2.86. The van der Waals surface area contributed by atoms with Gasteiger partial charge in [-0.05, 0) is 48.4 Å². The van der Waals surface area contributed by atoms with Crippen molar-refractivity contribution in [3.05, 3.63) is 21.0 Å². The summed E-state index contributed by atoms with van der Waals surface area (Å²) in [6.45, 7) is 9.16. The van der Waals surface area contributed by atoms with E-state index in [9.17, 15) is 0 Å². The number of aromatic amines is 1. The van der Waals surface area contributed by atoms with Crippen LogP contribution >= 0.6 is 22.6 Å². The molecule has 0 amide bonds. The number of unbranched alkanes of at least 4 members (excludes halogenated alkanes) is 2. The lowest BCUT2D eigenvalue weighted by molar-refractivity contribution is 0.369. The zero-order valence-corrected chi connectivity index (χ0v) is 13.9. The predicted molar refractivity (Wildman–Crippen MR) is 84.6 cm³/mol. The molecule has 0 aliphatic rings. The van der Waals surface area contributed by atoms with Crippen LogP contribution in [0.3, 0.4) is 0 Å². The van der Waals surface area contributed by atoms with Gasteiger partial charge in [0.25, 0.3) is 0 Å². The molecule has 1 aromatic rings. The topological polar surface area (TPSA) is 15.8 Å². The molecular formula is C15H26IN. The molecule has 0 bridgehead atoms. The number of H-pyrrole nitrogens is 1. The van der Waals surface area contributed by atoms with E-state index in [1.54, 1.807) is 0 Å². The smallest absolute Gasteiger partial charge is 0.0346 e. The Hall–Kier alpha value is 0.01000. The predicted octanol–water partition coefficient (Wildman–Crippen LogP) is 5.57. The average Bonchev–Trinajstić information content (AvgIpc) is 2.59. The van der Waals surface area contributed by atoms with Crippen molar-refractivity contribution in [1.82, 2.24) is 4.98 Å². The van der Waals surface area contributed by atoms with Gasteiger partial charge >= 0.3 is 0 Å². The molecule has 0 radical (unpaired) electrons. The maximum absolute atomic E-state index is 3.59. The van der Waals surface area contributed by atoms with Gasteiger partial charge in [0.15, 0.2) is 0 Å². The van der Waals surface area contributed by atoms with Crippen LogP contribution < -0.4 is 0 Å². The number of halogens is 1. The van der Waals surface area contributed by atoms with Gasteiger partial charge in [0, 0.05) is 20.4 Å². The molecule has 0 aliphatic carbocycles. The van der Waals surface area contributed by atoms with Gasteiger partial charge < -0.3 is 4.98 Å². The van der Waals surface area contributed by atoms with E-state index in [-0.39, 0.29) is 0 Å². The van der Waals surface area contributed by atoms with E-state index in [1.807, 2.05) is 0 Å². The van der Waals surface area contributed by atoms with Crippen molar-refractivity contribution in [3.63, 3.8) is 0 Å². The van der Waals surface area contributed by atoms with E-state index in [1.165, 1.54) is 53.5 Å². The summed E-state index contributed by atoms with van der Waals surface area (Å²) in [5.74, 6) is 0. The molecule has 1 N–H and O–H groups in total. The minimum atomic E-state index is 0.342. The molecule has 2 heteroatoms. The molecule has 0 spiro atoms. The van der Waals surface area contributed by atoms with E-state index in [4.69, 9.17) is 0 Å². The van der Waals surface area contributed by atoms with E-state index < -0.39 is 0 Å². The Morgan fingerprint density at radius 2 is 1.88 bits per heavy atom. The third-order valence-electron chi connectivity index (χ3n) is 3.64. The molecule has 1 rings (SSSR count). The largest absolute Gasteiger partial charge is 0.361 e. The number of aromatic nitrogens is 1. The SMILES string of the molecule is CCCCCC(C)(CCC)c1[nH]c(C)cc1I. The maximum Gasteiger partial charge on any atom is 0.0346 e. The zero-order chi connectivity index (χ0) is 12.9. The first-order valence-corrected chi connectivity index (χ1v) is 7.97. The van der Waals surface area contributed by atoms with Crippen molar-refractivity contribution in [2.75, 3.05) is 0 Å². The van der Waals surface area contributed by atoms with Crippen molar-refractivity contribution >= 4 is 22.6 Å². The fraction of sp³-hybridized carbons (Fsp3) is 0.733. The van der Waals surface area contributed by atoms with E-state index in [0.29, 0.717) is 5.41 Å². The van der Waals surface area contributed by atoms with Crippen LogP contribution in [-0.4, -0.2) is 4.98 Å². The molecule has 1 aromatic heterocycles. The summed E-state index contributed by atoms with van der Waals surface area (Å²) >= 11 is 2.48. The summed E-state index contributed by atoms with van der Waals surface area (Å²) in [5, 5.41) is 0. The first kappa shape index (κ1) is 15.1. The van der Waals surface area contributed by atoms with Crippen molar-refractivity contribution < 1.29 is 0 Å². The second-order valence-corrected chi connectivity index (χ2v) is 6.61. The summed E-state index contributed by atoms with van der Waals surface area (Å²) in [7, 11) is 0. The average molecular weight is 347 g/mol. The Morgan fingerprint density at radius 3 is 2.35 bits per heavy atom. The zero-order valence-electron chi connectivity index (χ0n) is 11.7. The monoisotopic (exact) mass is 347 g/mol. The normalized spacial score (nSPS) is 14.9. The van der Waals surface area contributed by atoms with Gasteiger partial charge in [-0.25, -0.2) is 0 Å². The molecule has 0 saturated carbocycles. The highest BCUT2D eigenvalue weighted by Gasteiger charge is 2.28. The third-order valence-corrected chi connectivity index (χ3v) is 4.49. The van der Waals surface area contributed by atoms with Gasteiger partial charge in [-0.1, -0.05) is 46.5 Å². The van der Waals surface area contributed by atoms with Crippen LogP contribution in [0.25, 0.3) is 0 Å². The van der Waals surface area contributed by atoms with Gasteiger partial charge in [0.2, 0.25) is 0 Å². The molecule has 1 atom stereocenters. The van der Waals surface area contributed by atoms with Crippen LogP contribution in [0.15, 0.2) is 6.07 Å². The minimum absolute atomic E-state index is 0.342. The van der Waals surface area contributed by atoms with Crippen molar-refractivity contribution in [3.8, 4) is 0 Å². The highest BCUT2D eigenvalue weighted by atomic mass is 127. The van der Waals surface area contributed by atoms with Gasteiger partial charge in [-0.15, -0.1) is 0 Å². The maximum atomic E-state index is 3.59. The Labute approximate surface area is 120 Å². The molecule has 1 unspecified atom stereocenters. The lowest BCUT2D eigenvalue weighted by Crippen LogP contribution is -2.23. The van der Waals surface area contributed by atoms with Crippen LogP contribution in [0.2, 0.25) is 0 Å². The fourth-order valence-electron chi connectivity index (χ4n) is 2.69. The van der Waals surface area contributed by atoms with Gasteiger partial charge in [-0.2, -0.15) is 0 Å². The minimum Gasteiger partial charge on any atom is -0.361 e. The van der Waals surface area contributed by atoms with Crippen LogP contribution in [0.1, 0.15) is 70.7 Å². The molecule has 0 saturated heterocycles. The van der Waals surface area contributed by atoms with Crippen LogP contribution in [0.4, 0.5) is 0 Å². The lowest BCUT2D eigenvalue weighted by Gasteiger charge is -2.29. The number of hydrogen-bond acceptors (Lipinski definition) is 0. The summed E-state index contributed by atoms with van der Waals surface area (Å²) in [4.78, 5) is 3.59. The highest BCUT2D eigenvalue weighted by Crippen LogP contribution is 2.36. The fourth-order valence-corrected chi connectivity index (χ4v) is 3.94.